The van der Waals surface area contributed by atoms with E-state index < -0.39 is 0 Å². The number of rotatable bonds is 2. The normalized spacial score (nSPS) is 10.0. The van der Waals surface area contributed by atoms with Crippen molar-refractivity contribution >= 4 is 11.0 Å². The number of hydrogen-bond donors (Lipinski definition) is 0. The fourth-order valence-corrected chi connectivity index (χ4v) is 1.36. The molecule has 1 heterocycles. The Morgan fingerprint density at radius 3 is 3.14 bits per heavy atom. The van der Waals surface area contributed by atoms with E-state index >= 15 is 0 Å². The molecule has 14 heavy (non-hydrogen) atoms. The average molecular weight is 187 g/mol. The van der Waals surface area contributed by atoms with Gasteiger partial charge in [0.25, 0.3) is 6.67 Å². The predicted octanol–water partition coefficient (Wildman–Crippen LogP) is 1.92. The third kappa shape index (κ3) is 1.29. The first-order chi connectivity index (χ1) is 6.85. The Morgan fingerprint density at radius 1 is 1.57 bits per heavy atom. The summed E-state index contributed by atoms with van der Waals surface area (Å²) in [5.74, 6) is 0.783. The molecular formula is C10H9N3O. The average Bonchev–Trinajstić information content (AvgIpc) is 2.61. The summed E-state index contributed by atoms with van der Waals surface area (Å²) < 4.78 is 6.89. The van der Waals surface area contributed by atoms with Crippen molar-refractivity contribution < 1.29 is 4.74 Å². The lowest BCUT2D eigenvalue weighted by molar-refractivity contribution is 0.415. The molecule has 2 aromatic rings. The molecule has 1 aromatic heterocycles. The zero-order valence-electron chi connectivity index (χ0n) is 7.77. The number of nitrogens with zero attached hydrogens (tertiary/aromatic N) is 3. The highest BCUT2D eigenvalue weighted by molar-refractivity contribution is 5.77. The Bertz CT molecular complexity index is 496. The maximum absolute atomic E-state index is 6.78. The van der Waals surface area contributed by atoms with Gasteiger partial charge in [-0.3, -0.25) is 9.41 Å². The molecule has 0 fully saturated rings. The second kappa shape index (κ2) is 3.38. The van der Waals surface area contributed by atoms with Crippen LogP contribution < -0.4 is 4.74 Å². The van der Waals surface area contributed by atoms with Crippen LogP contribution in [0.4, 0.5) is 0 Å². The minimum Gasteiger partial charge on any atom is -0.497 e. The highest BCUT2D eigenvalue weighted by atomic mass is 16.5. The Balaban J connectivity index is 2.55. The summed E-state index contributed by atoms with van der Waals surface area (Å²) in [6.07, 6.45) is 1.67. The first-order valence-corrected chi connectivity index (χ1v) is 4.17. The van der Waals surface area contributed by atoms with Crippen molar-refractivity contribution in [2.75, 3.05) is 7.11 Å². The van der Waals surface area contributed by atoms with E-state index in [9.17, 15) is 0 Å². The summed E-state index contributed by atoms with van der Waals surface area (Å²) in [6, 6.07) is 5.63. The first-order valence-electron chi connectivity index (χ1n) is 4.17. The van der Waals surface area contributed by atoms with E-state index in [4.69, 9.17) is 11.3 Å². The molecule has 0 atom stereocenters. The van der Waals surface area contributed by atoms with Gasteiger partial charge in [-0.1, -0.05) is 0 Å². The Hall–Kier alpha value is -2.02. The van der Waals surface area contributed by atoms with Crippen LogP contribution in [0, 0.1) is 6.57 Å². The number of hydrogen-bond acceptors (Lipinski definition) is 2. The molecule has 0 saturated heterocycles. The summed E-state index contributed by atoms with van der Waals surface area (Å²) in [7, 11) is 1.62. The monoisotopic (exact) mass is 187 g/mol. The molecule has 0 N–H and O–H groups in total. The summed E-state index contributed by atoms with van der Waals surface area (Å²) in [5, 5.41) is 0. The maximum Gasteiger partial charge on any atom is 0.294 e. The van der Waals surface area contributed by atoms with Gasteiger partial charge in [0, 0.05) is 6.07 Å². The van der Waals surface area contributed by atoms with Gasteiger partial charge >= 0.3 is 0 Å². The second-order valence-corrected chi connectivity index (χ2v) is 2.87. The van der Waals surface area contributed by atoms with Crippen LogP contribution in [-0.2, 0) is 6.67 Å². The van der Waals surface area contributed by atoms with Gasteiger partial charge in [0.2, 0.25) is 0 Å². The highest BCUT2D eigenvalue weighted by Gasteiger charge is 2.04. The first kappa shape index (κ1) is 8.57. The molecule has 4 heteroatoms. The Kier molecular flexibility index (Phi) is 2.07. The molecule has 0 bridgehead atoms. The fourth-order valence-electron chi connectivity index (χ4n) is 1.36. The van der Waals surface area contributed by atoms with Crippen molar-refractivity contribution in [3.05, 3.63) is 35.9 Å². The number of fused-ring (bicyclic) bond motifs is 1. The molecule has 0 saturated carbocycles. The number of ether oxygens (including phenoxy) is 1. The lowest BCUT2D eigenvalue weighted by atomic mass is 10.3. The lowest BCUT2D eigenvalue weighted by Crippen LogP contribution is -1.90. The van der Waals surface area contributed by atoms with Gasteiger partial charge in [0.15, 0.2) is 0 Å². The zero-order valence-corrected chi connectivity index (χ0v) is 7.77. The topological polar surface area (TPSA) is 31.4 Å². The van der Waals surface area contributed by atoms with Gasteiger partial charge in [-0.2, -0.15) is 0 Å². The van der Waals surface area contributed by atoms with Gasteiger partial charge in [0.1, 0.15) is 12.1 Å². The quantitative estimate of drug-likeness (QED) is 0.672. The molecule has 0 aliphatic carbocycles. The Labute approximate surface area is 81.6 Å². The molecule has 1 aromatic carbocycles. The van der Waals surface area contributed by atoms with Crippen LogP contribution in [0.15, 0.2) is 24.5 Å². The van der Waals surface area contributed by atoms with Crippen LogP contribution in [0.1, 0.15) is 0 Å². The summed E-state index contributed by atoms with van der Waals surface area (Å²) in [4.78, 5) is 7.50. The van der Waals surface area contributed by atoms with E-state index in [-0.39, 0.29) is 0 Å². The van der Waals surface area contributed by atoms with E-state index in [0.717, 1.165) is 16.8 Å². The zero-order chi connectivity index (χ0) is 9.97. The summed E-state index contributed by atoms with van der Waals surface area (Å²) in [5.41, 5.74) is 1.81. The van der Waals surface area contributed by atoms with Gasteiger partial charge in [-0.15, -0.1) is 0 Å². The molecule has 4 nitrogen and oxygen atoms in total. The SMILES string of the molecule is [C-]#[N+]Cn1cnc2cc(OC)ccc21. The molecule has 0 amide bonds. The van der Waals surface area contributed by atoms with E-state index in [1.807, 2.05) is 22.8 Å². The van der Waals surface area contributed by atoms with E-state index in [1.54, 1.807) is 13.4 Å². The molecule has 0 aliphatic rings. The largest absolute Gasteiger partial charge is 0.497 e. The van der Waals surface area contributed by atoms with Crippen LogP contribution >= 0.6 is 0 Å². The predicted molar refractivity (Wildman–Crippen MR) is 52.9 cm³/mol. The summed E-state index contributed by atoms with van der Waals surface area (Å²) >= 11 is 0. The number of benzene rings is 1. The van der Waals surface area contributed by atoms with Crippen molar-refractivity contribution in [2.24, 2.45) is 0 Å². The molecule has 0 spiro atoms. The molecule has 2 rings (SSSR count). The number of aromatic nitrogens is 2. The van der Waals surface area contributed by atoms with Crippen molar-refractivity contribution in [1.29, 1.82) is 0 Å². The van der Waals surface area contributed by atoms with Gasteiger partial charge in [-0.25, -0.2) is 11.6 Å². The minimum atomic E-state index is 0.308. The van der Waals surface area contributed by atoms with Crippen molar-refractivity contribution in [2.45, 2.75) is 6.67 Å². The molecule has 0 aliphatic heterocycles. The van der Waals surface area contributed by atoms with Crippen molar-refractivity contribution in [1.82, 2.24) is 9.55 Å². The van der Waals surface area contributed by atoms with Crippen molar-refractivity contribution in [3.63, 3.8) is 0 Å². The minimum absolute atomic E-state index is 0.308. The van der Waals surface area contributed by atoms with Crippen LogP contribution in [0.2, 0.25) is 0 Å². The smallest absolute Gasteiger partial charge is 0.294 e. The van der Waals surface area contributed by atoms with Crippen LogP contribution in [0.25, 0.3) is 15.9 Å². The Morgan fingerprint density at radius 2 is 2.43 bits per heavy atom. The van der Waals surface area contributed by atoms with Crippen LogP contribution in [-0.4, -0.2) is 16.7 Å². The molecule has 0 unspecified atom stereocenters. The molecule has 0 radical (unpaired) electrons. The summed E-state index contributed by atoms with van der Waals surface area (Å²) in [6.45, 7) is 7.09. The van der Waals surface area contributed by atoms with E-state index in [0.29, 0.717) is 6.67 Å². The number of imidazole rings is 1. The number of methoxy groups -OCH3 is 1. The second-order valence-electron chi connectivity index (χ2n) is 2.87. The lowest BCUT2D eigenvalue weighted by Gasteiger charge is -1.98. The highest BCUT2D eigenvalue weighted by Crippen LogP contribution is 2.19. The third-order valence-electron chi connectivity index (χ3n) is 2.05. The fraction of sp³-hybridized carbons (Fsp3) is 0.200. The van der Waals surface area contributed by atoms with E-state index in [2.05, 4.69) is 9.83 Å². The van der Waals surface area contributed by atoms with Crippen LogP contribution in [0.3, 0.4) is 0 Å². The standard InChI is InChI=1S/C10H9N3O/c1-11-6-13-7-12-9-5-8(14-2)3-4-10(9)13/h3-5,7H,6H2,2H3. The van der Waals surface area contributed by atoms with Gasteiger partial charge < -0.3 is 4.74 Å². The van der Waals surface area contributed by atoms with Crippen molar-refractivity contribution in [3.8, 4) is 5.75 Å². The van der Waals surface area contributed by atoms with E-state index in [1.165, 1.54) is 0 Å². The molecular weight excluding hydrogens is 178 g/mol. The third-order valence-corrected chi connectivity index (χ3v) is 2.05. The maximum atomic E-state index is 6.78. The van der Waals surface area contributed by atoms with Crippen LogP contribution in [0.5, 0.6) is 5.75 Å². The van der Waals surface area contributed by atoms with Gasteiger partial charge in [0.05, 0.1) is 18.1 Å². The molecule has 70 valence electrons. The van der Waals surface area contributed by atoms with Gasteiger partial charge in [-0.05, 0) is 12.1 Å².